The Balaban J connectivity index is -0.0000000270. The van der Waals surface area contributed by atoms with Gasteiger partial charge >= 0.3 is 0 Å². The van der Waals surface area contributed by atoms with Crippen molar-refractivity contribution in [3.63, 3.8) is 0 Å². The second-order valence-electron chi connectivity index (χ2n) is 0.692. The highest BCUT2D eigenvalue weighted by Crippen LogP contribution is 1.45. The van der Waals surface area contributed by atoms with E-state index in [1.54, 1.807) is 0 Å². The summed E-state index contributed by atoms with van der Waals surface area (Å²) < 4.78 is 68.5. The SMILES string of the molecule is O=S(O)O.O=S(O)O.O=S(O)O.P.P. The first-order chi connectivity index (χ1) is 5.20. The van der Waals surface area contributed by atoms with Crippen LogP contribution in [0.5, 0.6) is 0 Å². The van der Waals surface area contributed by atoms with Gasteiger partial charge in [0.15, 0.2) is 0 Å². The average Bonchev–Trinajstić information content (AvgIpc) is 1.54. The van der Waals surface area contributed by atoms with Crippen molar-refractivity contribution in [1.29, 1.82) is 0 Å². The third kappa shape index (κ3) is 1660. The van der Waals surface area contributed by atoms with Gasteiger partial charge in [-0.3, -0.25) is 27.3 Å². The summed E-state index contributed by atoms with van der Waals surface area (Å²) in [6.07, 6.45) is 0. The minimum atomic E-state index is -2.61. The Kier molecular flexibility index (Phi) is 49.8. The van der Waals surface area contributed by atoms with Crippen molar-refractivity contribution in [2.45, 2.75) is 0 Å². The van der Waals surface area contributed by atoms with E-state index in [1.807, 2.05) is 0 Å². The molecule has 0 aliphatic carbocycles. The molecule has 2 unspecified atom stereocenters. The molecule has 0 heterocycles. The molecule has 14 heteroatoms. The predicted molar refractivity (Wildman–Crippen MR) is 62.4 cm³/mol. The lowest BCUT2D eigenvalue weighted by atomic mass is 15.8. The van der Waals surface area contributed by atoms with E-state index in [4.69, 9.17) is 39.9 Å². The zero-order chi connectivity index (χ0) is 10.7. The van der Waals surface area contributed by atoms with Gasteiger partial charge in [-0.25, -0.2) is 0 Å². The molecule has 0 amide bonds. The van der Waals surface area contributed by atoms with Crippen LogP contribution in [0.25, 0.3) is 0 Å². The van der Waals surface area contributed by atoms with Crippen LogP contribution in [0.15, 0.2) is 0 Å². The molecule has 2 atom stereocenters. The van der Waals surface area contributed by atoms with Gasteiger partial charge in [0.1, 0.15) is 0 Å². The highest BCUT2D eigenvalue weighted by molar-refractivity contribution is 7.73. The Morgan fingerprint density at radius 2 is 0.500 bits per heavy atom. The Morgan fingerprint density at radius 3 is 0.500 bits per heavy atom. The van der Waals surface area contributed by atoms with Crippen LogP contribution in [-0.4, -0.2) is 39.9 Å². The van der Waals surface area contributed by atoms with E-state index in [0.29, 0.717) is 0 Å². The van der Waals surface area contributed by atoms with Gasteiger partial charge in [0.25, 0.3) is 34.1 Å². The predicted octanol–water partition coefficient (Wildman–Crippen LogP) is -0.840. The molecule has 0 saturated carbocycles. The molecule has 6 N–H and O–H groups in total. The zero-order valence-electron chi connectivity index (χ0n) is 6.55. The quantitative estimate of drug-likeness (QED) is 0.246. The summed E-state index contributed by atoms with van der Waals surface area (Å²) in [6, 6.07) is 0. The van der Waals surface area contributed by atoms with Gasteiger partial charge in [-0.15, -0.1) is 0 Å². The molecule has 0 bridgehead atoms. The normalized spacial score (nSPS) is 7.50. The summed E-state index contributed by atoms with van der Waals surface area (Å²) in [7, 11) is 0. The lowest BCUT2D eigenvalue weighted by Crippen LogP contribution is -1.74. The lowest BCUT2D eigenvalue weighted by Gasteiger charge is -1.59. The molecular weight excluding hydrogens is 302 g/mol. The highest BCUT2D eigenvalue weighted by atomic mass is 32.2. The molecule has 0 aliphatic rings. The molecule has 0 aromatic heterocycles. The van der Waals surface area contributed by atoms with Gasteiger partial charge in [0.2, 0.25) is 0 Å². The second-order valence-corrected chi connectivity index (χ2v) is 2.08. The second kappa shape index (κ2) is 23.7. The monoisotopic (exact) mass is 314 g/mol. The van der Waals surface area contributed by atoms with Crippen molar-refractivity contribution in [1.82, 2.24) is 0 Å². The zero-order valence-corrected chi connectivity index (χ0v) is 11.8. The summed E-state index contributed by atoms with van der Waals surface area (Å²) in [4.78, 5) is 0. The molecular formula is H12O9P2S3. The van der Waals surface area contributed by atoms with E-state index in [1.165, 1.54) is 0 Å². The smallest absolute Gasteiger partial charge is 0.284 e. The fraction of sp³-hybridized carbons (Fsp3) is 0. The topological polar surface area (TPSA) is 173 Å². The molecule has 0 aliphatic heterocycles. The van der Waals surface area contributed by atoms with Gasteiger partial charge in [0, 0.05) is 0 Å². The van der Waals surface area contributed by atoms with Crippen LogP contribution in [0.2, 0.25) is 0 Å². The van der Waals surface area contributed by atoms with Crippen LogP contribution in [-0.2, 0) is 34.1 Å². The summed E-state index contributed by atoms with van der Waals surface area (Å²) in [5, 5.41) is 0. The molecule has 0 aromatic carbocycles. The minimum Gasteiger partial charge on any atom is -0.284 e. The van der Waals surface area contributed by atoms with E-state index < -0.39 is 34.1 Å². The molecule has 0 spiro atoms. The largest absolute Gasteiger partial charge is 0.299 e. The average molecular weight is 314 g/mol. The van der Waals surface area contributed by atoms with Crippen molar-refractivity contribution in [2.75, 3.05) is 0 Å². The van der Waals surface area contributed by atoms with E-state index >= 15 is 0 Å². The van der Waals surface area contributed by atoms with Crippen molar-refractivity contribution in [3.05, 3.63) is 0 Å². The fourth-order valence-corrected chi connectivity index (χ4v) is 0. The maximum atomic E-state index is 8.67. The Bertz CT molecular complexity index is 116. The molecule has 0 aromatic rings. The highest BCUT2D eigenvalue weighted by Gasteiger charge is 1.63. The van der Waals surface area contributed by atoms with E-state index in [0.717, 1.165) is 0 Å². The van der Waals surface area contributed by atoms with Crippen molar-refractivity contribution >= 4 is 53.9 Å². The van der Waals surface area contributed by atoms with Crippen LogP contribution < -0.4 is 0 Å². The first-order valence-electron chi connectivity index (χ1n) is 1.60. The summed E-state index contributed by atoms with van der Waals surface area (Å²) in [5.41, 5.74) is 0. The van der Waals surface area contributed by atoms with Crippen LogP contribution in [0.4, 0.5) is 0 Å². The number of hydrogen-bond acceptors (Lipinski definition) is 3. The van der Waals surface area contributed by atoms with Gasteiger partial charge in [-0.2, -0.15) is 32.4 Å². The molecule has 0 radical (unpaired) electrons. The van der Waals surface area contributed by atoms with Gasteiger partial charge < -0.3 is 0 Å². The first-order valence-corrected chi connectivity index (χ1v) is 4.79. The molecule has 94 valence electrons. The number of rotatable bonds is 0. The van der Waals surface area contributed by atoms with Gasteiger partial charge in [-0.1, -0.05) is 0 Å². The fourth-order valence-electron chi connectivity index (χ4n) is 0. The van der Waals surface area contributed by atoms with E-state index in [2.05, 4.69) is 0 Å². The Morgan fingerprint density at radius 1 is 0.500 bits per heavy atom. The van der Waals surface area contributed by atoms with Crippen LogP contribution >= 0.6 is 19.8 Å². The summed E-state index contributed by atoms with van der Waals surface area (Å²) in [5.74, 6) is 0. The molecule has 0 fully saturated rings. The van der Waals surface area contributed by atoms with Crippen molar-refractivity contribution in [2.24, 2.45) is 0 Å². The van der Waals surface area contributed by atoms with Crippen LogP contribution in [0.3, 0.4) is 0 Å². The van der Waals surface area contributed by atoms with Crippen LogP contribution in [0.1, 0.15) is 0 Å². The lowest BCUT2D eigenvalue weighted by molar-refractivity contribution is 0.452. The maximum absolute atomic E-state index is 8.67. The Hall–Kier alpha value is 1.07. The third-order valence-electron chi connectivity index (χ3n) is 0. The molecule has 0 rings (SSSR count). The van der Waals surface area contributed by atoms with Crippen molar-refractivity contribution < 1.29 is 39.9 Å². The third-order valence-corrected chi connectivity index (χ3v) is 0. The van der Waals surface area contributed by atoms with E-state index in [-0.39, 0.29) is 19.8 Å². The maximum Gasteiger partial charge on any atom is 0.299 e. The molecule has 0 saturated heterocycles. The molecule has 14 heavy (non-hydrogen) atoms. The van der Waals surface area contributed by atoms with Gasteiger partial charge in [-0.05, 0) is 0 Å². The molecule has 9 nitrogen and oxygen atoms in total. The summed E-state index contributed by atoms with van der Waals surface area (Å²) >= 11 is -7.83. The van der Waals surface area contributed by atoms with Crippen LogP contribution in [0, 0.1) is 0 Å². The standard InChI is InChI=1S/3H2O3S.2H3P/c3*1-4(2)3;;/h3*(H2,1,2,3);2*1H3. The van der Waals surface area contributed by atoms with Gasteiger partial charge in [0.05, 0.1) is 0 Å². The minimum absolute atomic E-state index is 0. The van der Waals surface area contributed by atoms with E-state index in [9.17, 15) is 0 Å². The van der Waals surface area contributed by atoms with Crippen molar-refractivity contribution in [3.8, 4) is 0 Å². The summed E-state index contributed by atoms with van der Waals surface area (Å²) in [6.45, 7) is 0. The Labute approximate surface area is 94.0 Å². The number of hydrogen-bond donors (Lipinski definition) is 6. The first kappa shape index (κ1) is 29.4.